The quantitative estimate of drug-likeness (QED) is 0.884. The molecule has 0 spiro atoms. The Labute approximate surface area is 121 Å². The van der Waals surface area contributed by atoms with E-state index in [1.807, 2.05) is 49.3 Å². The number of amides is 1. The van der Waals surface area contributed by atoms with E-state index in [0.29, 0.717) is 6.04 Å². The van der Waals surface area contributed by atoms with Crippen molar-refractivity contribution in [3.05, 3.63) is 35.9 Å². The lowest BCUT2D eigenvalue weighted by Gasteiger charge is -2.26. The average Bonchev–Trinajstić information content (AvgIpc) is 2.83. The molecule has 1 aromatic carbocycles. The molecule has 2 rings (SSSR count). The molecule has 0 unspecified atom stereocenters. The van der Waals surface area contributed by atoms with Crippen molar-refractivity contribution in [2.75, 3.05) is 34.2 Å². The Hall–Kier alpha value is -1.39. The van der Waals surface area contributed by atoms with Crippen LogP contribution in [-0.2, 0) is 4.79 Å². The monoisotopic (exact) mass is 275 g/mol. The number of likely N-dealkylation sites (tertiary alicyclic amines) is 1. The number of nitrogens with one attached hydrogen (secondary N) is 1. The standard InChI is InChI=1S/C16H25N3O/c1-18(2)15(13-8-5-4-6-9-13)16(20)17-12-14-10-7-11-19(14)3/h4-6,8-9,14-15H,7,10-12H2,1-3H3,(H,17,20)/t14-,15+/m0/s1. The lowest BCUT2D eigenvalue weighted by molar-refractivity contribution is -0.126. The minimum absolute atomic E-state index is 0.0847. The predicted molar refractivity (Wildman–Crippen MR) is 81.5 cm³/mol. The van der Waals surface area contributed by atoms with Gasteiger partial charge in [0.2, 0.25) is 5.91 Å². The maximum absolute atomic E-state index is 12.5. The van der Waals surface area contributed by atoms with Gasteiger partial charge in [-0.15, -0.1) is 0 Å². The van der Waals surface area contributed by atoms with Crippen LogP contribution in [0.5, 0.6) is 0 Å². The normalized spacial score (nSPS) is 21.1. The van der Waals surface area contributed by atoms with E-state index in [-0.39, 0.29) is 11.9 Å². The fourth-order valence-corrected chi connectivity index (χ4v) is 2.87. The van der Waals surface area contributed by atoms with E-state index < -0.39 is 0 Å². The number of carbonyl (C=O) groups is 1. The summed E-state index contributed by atoms with van der Waals surface area (Å²) in [6.45, 7) is 1.88. The topological polar surface area (TPSA) is 35.6 Å². The highest BCUT2D eigenvalue weighted by molar-refractivity contribution is 5.83. The molecule has 1 heterocycles. The van der Waals surface area contributed by atoms with Crippen molar-refractivity contribution in [3.63, 3.8) is 0 Å². The maximum Gasteiger partial charge on any atom is 0.241 e. The van der Waals surface area contributed by atoms with Crippen LogP contribution in [-0.4, -0.2) is 56.0 Å². The molecule has 0 radical (unpaired) electrons. The second-order valence-corrected chi connectivity index (χ2v) is 5.80. The molecule has 4 nitrogen and oxygen atoms in total. The minimum Gasteiger partial charge on any atom is -0.353 e. The SMILES string of the molecule is CN(C)[C@@H](C(=O)NC[C@@H]1CCCN1C)c1ccccc1. The van der Waals surface area contributed by atoms with E-state index in [4.69, 9.17) is 0 Å². The fourth-order valence-electron chi connectivity index (χ4n) is 2.87. The highest BCUT2D eigenvalue weighted by atomic mass is 16.2. The molecule has 0 aliphatic carbocycles. The van der Waals surface area contributed by atoms with E-state index in [1.165, 1.54) is 12.8 Å². The number of hydrogen-bond acceptors (Lipinski definition) is 3. The zero-order valence-corrected chi connectivity index (χ0v) is 12.7. The molecule has 1 saturated heterocycles. The largest absolute Gasteiger partial charge is 0.353 e. The molecule has 0 bridgehead atoms. The first kappa shape index (κ1) is 15.0. The van der Waals surface area contributed by atoms with Crippen LogP contribution in [0, 0.1) is 0 Å². The smallest absolute Gasteiger partial charge is 0.241 e. The van der Waals surface area contributed by atoms with Crippen LogP contribution in [0.15, 0.2) is 30.3 Å². The summed E-state index contributed by atoms with van der Waals surface area (Å²) in [5, 5.41) is 3.11. The van der Waals surface area contributed by atoms with Gasteiger partial charge < -0.3 is 10.2 Å². The number of likely N-dealkylation sites (N-methyl/N-ethyl adjacent to an activating group) is 2. The van der Waals surface area contributed by atoms with E-state index >= 15 is 0 Å². The van der Waals surface area contributed by atoms with Crippen molar-refractivity contribution in [3.8, 4) is 0 Å². The summed E-state index contributed by atoms with van der Waals surface area (Å²) in [5.41, 5.74) is 1.04. The van der Waals surface area contributed by atoms with Crippen LogP contribution >= 0.6 is 0 Å². The number of benzene rings is 1. The van der Waals surface area contributed by atoms with Gasteiger partial charge in [0.15, 0.2) is 0 Å². The lowest BCUT2D eigenvalue weighted by Crippen LogP contribution is -2.43. The zero-order valence-electron chi connectivity index (χ0n) is 12.7. The van der Waals surface area contributed by atoms with Gasteiger partial charge in [-0.3, -0.25) is 9.69 Å². The second-order valence-electron chi connectivity index (χ2n) is 5.80. The molecule has 0 aromatic heterocycles. The molecule has 0 saturated carbocycles. The molecular weight excluding hydrogens is 250 g/mol. The van der Waals surface area contributed by atoms with Gasteiger partial charge in [-0.25, -0.2) is 0 Å². The second kappa shape index (κ2) is 6.86. The van der Waals surface area contributed by atoms with Gasteiger partial charge in [-0.05, 0) is 46.1 Å². The van der Waals surface area contributed by atoms with Gasteiger partial charge >= 0.3 is 0 Å². The maximum atomic E-state index is 12.5. The summed E-state index contributed by atoms with van der Waals surface area (Å²) in [6.07, 6.45) is 2.40. The van der Waals surface area contributed by atoms with Crippen LogP contribution in [0.1, 0.15) is 24.4 Å². The Bertz CT molecular complexity index is 433. The fraction of sp³-hybridized carbons (Fsp3) is 0.562. The Morgan fingerprint density at radius 2 is 2.10 bits per heavy atom. The summed E-state index contributed by atoms with van der Waals surface area (Å²) >= 11 is 0. The highest BCUT2D eigenvalue weighted by Gasteiger charge is 2.25. The Balaban J connectivity index is 1.97. The third-order valence-electron chi connectivity index (χ3n) is 4.06. The number of nitrogens with zero attached hydrogens (tertiary/aromatic N) is 2. The summed E-state index contributed by atoms with van der Waals surface area (Å²) < 4.78 is 0. The van der Waals surface area contributed by atoms with Crippen molar-refractivity contribution in [1.82, 2.24) is 15.1 Å². The molecule has 4 heteroatoms. The van der Waals surface area contributed by atoms with Crippen molar-refractivity contribution in [2.45, 2.75) is 24.9 Å². The summed E-state index contributed by atoms with van der Waals surface area (Å²) in [4.78, 5) is 16.8. The number of rotatable bonds is 5. The zero-order chi connectivity index (χ0) is 14.5. The summed E-state index contributed by atoms with van der Waals surface area (Å²) in [7, 11) is 6.02. The van der Waals surface area contributed by atoms with Crippen molar-refractivity contribution in [2.24, 2.45) is 0 Å². The van der Waals surface area contributed by atoms with E-state index in [9.17, 15) is 4.79 Å². The van der Waals surface area contributed by atoms with Crippen LogP contribution < -0.4 is 5.32 Å². The first-order valence-corrected chi connectivity index (χ1v) is 7.29. The van der Waals surface area contributed by atoms with Gasteiger partial charge in [0, 0.05) is 12.6 Å². The molecule has 1 N–H and O–H groups in total. The molecular formula is C16H25N3O. The van der Waals surface area contributed by atoms with E-state index in [1.54, 1.807) is 0 Å². The minimum atomic E-state index is -0.220. The van der Waals surface area contributed by atoms with Gasteiger partial charge in [0.1, 0.15) is 6.04 Å². The van der Waals surface area contributed by atoms with Crippen LogP contribution in [0.4, 0.5) is 0 Å². The molecule has 1 aliphatic rings. The predicted octanol–water partition coefficient (Wildman–Crippen LogP) is 1.50. The van der Waals surface area contributed by atoms with Crippen LogP contribution in [0.3, 0.4) is 0 Å². The van der Waals surface area contributed by atoms with Crippen molar-refractivity contribution >= 4 is 5.91 Å². The van der Waals surface area contributed by atoms with Gasteiger partial charge in [-0.1, -0.05) is 30.3 Å². The first-order chi connectivity index (χ1) is 9.59. The number of carbonyl (C=O) groups excluding carboxylic acids is 1. The van der Waals surface area contributed by atoms with Crippen molar-refractivity contribution < 1.29 is 4.79 Å². The van der Waals surface area contributed by atoms with Gasteiger partial charge in [-0.2, -0.15) is 0 Å². The Kier molecular flexibility index (Phi) is 5.15. The van der Waals surface area contributed by atoms with Crippen molar-refractivity contribution in [1.29, 1.82) is 0 Å². The molecule has 1 fully saturated rings. The molecule has 2 atom stereocenters. The first-order valence-electron chi connectivity index (χ1n) is 7.29. The summed E-state index contributed by atoms with van der Waals surface area (Å²) in [5.74, 6) is 0.0847. The Morgan fingerprint density at radius 3 is 2.65 bits per heavy atom. The molecule has 1 aromatic rings. The summed E-state index contributed by atoms with van der Waals surface area (Å²) in [6, 6.07) is 10.2. The number of hydrogen-bond donors (Lipinski definition) is 1. The molecule has 1 aliphatic heterocycles. The van der Waals surface area contributed by atoms with Gasteiger partial charge in [0.05, 0.1) is 0 Å². The van der Waals surface area contributed by atoms with Crippen LogP contribution in [0.25, 0.3) is 0 Å². The Morgan fingerprint density at radius 1 is 1.40 bits per heavy atom. The van der Waals surface area contributed by atoms with Gasteiger partial charge in [0.25, 0.3) is 0 Å². The third-order valence-corrected chi connectivity index (χ3v) is 4.06. The van der Waals surface area contributed by atoms with Crippen LogP contribution in [0.2, 0.25) is 0 Å². The van der Waals surface area contributed by atoms with E-state index in [0.717, 1.165) is 18.7 Å². The third kappa shape index (κ3) is 3.58. The molecule has 110 valence electrons. The molecule has 1 amide bonds. The lowest BCUT2D eigenvalue weighted by atomic mass is 10.1. The average molecular weight is 275 g/mol. The van der Waals surface area contributed by atoms with E-state index in [2.05, 4.69) is 17.3 Å². The molecule has 20 heavy (non-hydrogen) atoms. The highest BCUT2D eigenvalue weighted by Crippen LogP contribution is 2.19.